The van der Waals surface area contributed by atoms with Gasteiger partial charge in [-0.15, -0.1) is 0 Å². The Morgan fingerprint density at radius 3 is 2.43 bits per heavy atom. The van der Waals surface area contributed by atoms with Gasteiger partial charge in [0.2, 0.25) is 0 Å². The van der Waals surface area contributed by atoms with Gasteiger partial charge in [0, 0.05) is 10.4 Å². The zero-order valence-electron chi connectivity index (χ0n) is 15.0. The van der Waals surface area contributed by atoms with Crippen molar-refractivity contribution in [3.8, 4) is 0 Å². The Morgan fingerprint density at radius 1 is 1.18 bits per heavy atom. The van der Waals surface area contributed by atoms with Gasteiger partial charge < -0.3 is 5.32 Å². The lowest BCUT2D eigenvalue weighted by Gasteiger charge is -2.25. The van der Waals surface area contributed by atoms with Crippen LogP contribution in [0.25, 0.3) is 0 Å². The molecule has 3 rings (SSSR count). The maximum atomic E-state index is 13.1. The summed E-state index contributed by atoms with van der Waals surface area (Å²) >= 11 is 1.30. The molecular weight excluding hydrogens is 394 g/mol. The molecule has 0 radical (unpaired) electrons. The smallest absolute Gasteiger partial charge is 0.307 e. The van der Waals surface area contributed by atoms with Crippen molar-refractivity contribution in [1.82, 2.24) is 0 Å². The molecule has 1 aliphatic rings. The number of urea groups is 1. The van der Waals surface area contributed by atoms with Gasteiger partial charge in [0.05, 0.1) is 17.8 Å². The summed E-state index contributed by atoms with van der Waals surface area (Å²) in [4.78, 5) is 18.3. The molecule has 0 atom stereocenters. The number of halogens is 4. The minimum Gasteiger partial charge on any atom is -0.307 e. The van der Waals surface area contributed by atoms with Crippen molar-refractivity contribution in [2.45, 2.75) is 24.8 Å². The van der Waals surface area contributed by atoms with Gasteiger partial charge in [-0.05, 0) is 56.3 Å². The number of nitrogens with one attached hydrogen (secondary N) is 1. The third-order valence-electron chi connectivity index (χ3n) is 3.88. The number of anilines is 2. The van der Waals surface area contributed by atoms with E-state index in [0.29, 0.717) is 17.4 Å². The van der Waals surface area contributed by atoms with Crippen LogP contribution in [-0.4, -0.2) is 22.5 Å². The minimum absolute atomic E-state index is 0.0402. The normalized spacial score (nSPS) is 15.9. The summed E-state index contributed by atoms with van der Waals surface area (Å²) in [7, 11) is 0. The number of rotatable bonds is 2. The summed E-state index contributed by atoms with van der Waals surface area (Å²) in [6.45, 7) is 4.28. The summed E-state index contributed by atoms with van der Waals surface area (Å²) in [6, 6.07) is 8.89. The van der Waals surface area contributed by atoms with Crippen molar-refractivity contribution in [2.24, 2.45) is 4.99 Å². The van der Waals surface area contributed by atoms with Gasteiger partial charge in [0.1, 0.15) is 5.82 Å². The molecule has 148 valence electrons. The van der Waals surface area contributed by atoms with Gasteiger partial charge >= 0.3 is 12.2 Å². The fraction of sp³-hybridized carbons (Fsp3) is 0.263. The van der Waals surface area contributed by atoms with Crippen LogP contribution < -0.4 is 10.2 Å². The number of thioether (sulfide) groups is 1. The zero-order valence-corrected chi connectivity index (χ0v) is 15.9. The Balaban J connectivity index is 1.96. The number of benzene rings is 2. The van der Waals surface area contributed by atoms with Crippen LogP contribution in [0.3, 0.4) is 0 Å². The topological polar surface area (TPSA) is 44.7 Å². The summed E-state index contributed by atoms with van der Waals surface area (Å²) in [5.41, 5.74) is -0.517. The Morgan fingerprint density at radius 2 is 1.86 bits per heavy atom. The second kappa shape index (κ2) is 7.46. The highest BCUT2D eigenvalue weighted by Gasteiger charge is 2.36. The first kappa shape index (κ1) is 20.2. The zero-order chi connectivity index (χ0) is 20.5. The van der Waals surface area contributed by atoms with Crippen molar-refractivity contribution in [3.05, 3.63) is 59.9 Å². The number of amidine groups is 1. The number of carbonyl (C=O) groups excluding carboxylic acids is 1. The number of alkyl halides is 3. The predicted molar refractivity (Wildman–Crippen MR) is 103 cm³/mol. The third-order valence-corrected chi connectivity index (χ3v) is 5.06. The van der Waals surface area contributed by atoms with Crippen LogP contribution in [0.2, 0.25) is 0 Å². The standard InChI is InChI=1S/C19H17F4N3OS/c1-18(2)11-24-17(28-18)26(15-5-3-4-12(10-15)19(21,22)23)16(27)25-14-8-6-13(20)7-9-14/h3-10H,11H2,1-2H3,(H,25,27). The Hall–Kier alpha value is -2.55. The fourth-order valence-electron chi connectivity index (χ4n) is 2.53. The van der Waals surface area contributed by atoms with Crippen LogP contribution in [0.1, 0.15) is 19.4 Å². The molecule has 0 unspecified atom stereocenters. The van der Waals surface area contributed by atoms with Crippen LogP contribution in [-0.2, 0) is 6.18 Å². The van der Waals surface area contributed by atoms with Crippen LogP contribution in [0.4, 0.5) is 33.7 Å². The molecule has 1 N–H and O–H groups in total. The highest BCUT2D eigenvalue weighted by atomic mass is 32.2. The molecule has 2 amide bonds. The Bertz CT molecular complexity index is 910. The summed E-state index contributed by atoms with van der Waals surface area (Å²) in [6.07, 6.45) is -4.54. The first-order valence-corrected chi connectivity index (χ1v) is 9.14. The van der Waals surface area contributed by atoms with E-state index in [1.807, 2.05) is 13.8 Å². The second-order valence-corrected chi connectivity index (χ2v) is 8.46. The van der Waals surface area contributed by atoms with Gasteiger partial charge in [0.25, 0.3) is 0 Å². The lowest BCUT2D eigenvalue weighted by atomic mass is 10.2. The molecule has 2 aromatic carbocycles. The van der Waals surface area contributed by atoms with Crippen LogP contribution >= 0.6 is 11.8 Å². The molecule has 1 heterocycles. The van der Waals surface area contributed by atoms with E-state index < -0.39 is 23.6 Å². The first-order chi connectivity index (χ1) is 13.0. The Labute approximate surface area is 163 Å². The third kappa shape index (κ3) is 4.64. The van der Waals surface area contributed by atoms with E-state index in [-0.39, 0.29) is 10.4 Å². The van der Waals surface area contributed by atoms with Gasteiger partial charge in [0.15, 0.2) is 5.17 Å². The molecular formula is C19H17F4N3OS. The molecule has 0 spiro atoms. The van der Waals surface area contributed by atoms with E-state index in [1.54, 1.807) is 0 Å². The van der Waals surface area contributed by atoms with E-state index in [1.165, 1.54) is 48.2 Å². The predicted octanol–water partition coefficient (Wildman–Crippen LogP) is 5.76. The van der Waals surface area contributed by atoms with E-state index in [0.717, 1.165) is 17.0 Å². The van der Waals surface area contributed by atoms with Crippen LogP contribution in [0, 0.1) is 5.82 Å². The molecule has 0 fully saturated rings. The molecule has 28 heavy (non-hydrogen) atoms. The number of nitrogens with zero attached hydrogens (tertiary/aromatic N) is 2. The molecule has 2 aromatic rings. The van der Waals surface area contributed by atoms with Crippen molar-refractivity contribution >= 4 is 34.3 Å². The molecule has 0 bridgehead atoms. The lowest BCUT2D eigenvalue weighted by Crippen LogP contribution is -2.38. The first-order valence-electron chi connectivity index (χ1n) is 8.33. The molecule has 1 aliphatic heterocycles. The molecule has 0 aliphatic carbocycles. The van der Waals surface area contributed by atoms with Crippen LogP contribution in [0.5, 0.6) is 0 Å². The highest BCUT2D eigenvalue weighted by molar-refractivity contribution is 8.15. The maximum absolute atomic E-state index is 13.1. The van der Waals surface area contributed by atoms with E-state index >= 15 is 0 Å². The van der Waals surface area contributed by atoms with Gasteiger partial charge in [-0.25, -0.2) is 14.1 Å². The Kier molecular flexibility index (Phi) is 5.38. The monoisotopic (exact) mass is 411 g/mol. The number of carbonyl (C=O) groups is 1. The summed E-state index contributed by atoms with van der Waals surface area (Å²) in [5.74, 6) is -0.467. The molecule has 9 heteroatoms. The number of hydrogen-bond acceptors (Lipinski definition) is 3. The maximum Gasteiger partial charge on any atom is 0.416 e. The highest BCUT2D eigenvalue weighted by Crippen LogP contribution is 2.37. The number of amides is 2. The van der Waals surface area contributed by atoms with Gasteiger partial charge in [-0.1, -0.05) is 17.8 Å². The lowest BCUT2D eigenvalue weighted by molar-refractivity contribution is -0.137. The van der Waals surface area contributed by atoms with E-state index in [2.05, 4.69) is 10.3 Å². The fourth-order valence-corrected chi connectivity index (χ4v) is 3.57. The van der Waals surface area contributed by atoms with Crippen molar-refractivity contribution < 1.29 is 22.4 Å². The minimum atomic E-state index is -4.54. The van der Waals surface area contributed by atoms with Gasteiger partial charge in [-0.3, -0.25) is 4.99 Å². The van der Waals surface area contributed by atoms with Crippen molar-refractivity contribution in [1.29, 1.82) is 0 Å². The van der Waals surface area contributed by atoms with E-state index in [4.69, 9.17) is 0 Å². The average molecular weight is 411 g/mol. The number of hydrogen-bond donors (Lipinski definition) is 1. The summed E-state index contributed by atoms with van der Waals surface area (Å²) in [5, 5.41) is 2.87. The van der Waals surface area contributed by atoms with Gasteiger partial charge in [-0.2, -0.15) is 13.2 Å². The summed E-state index contributed by atoms with van der Waals surface area (Å²) < 4.78 is 52.2. The second-order valence-electron chi connectivity index (χ2n) is 6.78. The number of aliphatic imine (C=N–C) groups is 1. The molecule has 4 nitrogen and oxygen atoms in total. The molecule has 0 saturated carbocycles. The van der Waals surface area contributed by atoms with Crippen molar-refractivity contribution in [2.75, 3.05) is 16.8 Å². The van der Waals surface area contributed by atoms with Crippen molar-refractivity contribution in [3.63, 3.8) is 0 Å². The SMILES string of the molecule is CC1(C)CN=C(N(C(=O)Nc2ccc(F)cc2)c2cccc(C(F)(F)F)c2)S1. The average Bonchev–Trinajstić information content (AvgIpc) is 2.96. The molecule has 0 saturated heterocycles. The quantitative estimate of drug-likeness (QED) is 0.638. The largest absolute Gasteiger partial charge is 0.416 e. The van der Waals surface area contributed by atoms with Crippen LogP contribution in [0.15, 0.2) is 53.5 Å². The van der Waals surface area contributed by atoms with E-state index in [9.17, 15) is 22.4 Å². The molecule has 0 aromatic heterocycles.